The van der Waals surface area contributed by atoms with Gasteiger partial charge in [0.15, 0.2) is 0 Å². The first-order valence-corrected chi connectivity index (χ1v) is 10.2. The Morgan fingerprint density at radius 2 is 1.77 bits per heavy atom. The molecule has 5 aromatic rings. The quantitative estimate of drug-likeness (QED) is 0.450. The van der Waals surface area contributed by atoms with Crippen molar-refractivity contribution in [3.05, 3.63) is 78.9 Å². The van der Waals surface area contributed by atoms with Gasteiger partial charge < -0.3 is 10.2 Å². The second-order valence-electron chi connectivity index (χ2n) is 7.75. The molecule has 7 nitrogen and oxygen atoms in total. The van der Waals surface area contributed by atoms with Crippen molar-refractivity contribution in [3.8, 4) is 0 Å². The summed E-state index contributed by atoms with van der Waals surface area (Å²) in [5.74, 6) is 1.61. The molecule has 0 spiro atoms. The Morgan fingerprint density at radius 3 is 2.58 bits per heavy atom. The Kier molecular flexibility index (Phi) is 4.71. The van der Waals surface area contributed by atoms with Crippen molar-refractivity contribution in [3.63, 3.8) is 0 Å². The summed E-state index contributed by atoms with van der Waals surface area (Å²) < 4.78 is 2.06. The van der Waals surface area contributed by atoms with E-state index in [-0.39, 0.29) is 6.04 Å². The van der Waals surface area contributed by atoms with Crippen LogP contribution in [-0.4, -0.2) is 38.8 Å². The van der Waals surface area contributed by atoms with Gasteiger partial charge in [-0.25, -0.2) is 15.0 Å². The zero-order valence-electron chi connectivity index (χ0n) is 17.7. The number of aromatic nitrogens is 5. The first-order valence-electron chi connectivity index (χ1n) is 10.2. The molecule has 5 rings (SSSR count). The fourth-order valence-corrected chi connectivity index (χ4v) is 3.74. The van der Waals surface area contributed by atoms with Gasteiger partial charge in [-0.15, -0.1) is 0 Å². The molecule has 31 heavy (non-hydrogen) atoms. The van der Waals surface area contributed by atoms with E-state index in [2.05, 4.69) is 79.4 Å². The summed E-state index contributed by atoms with van der Waals surface area (Å²) in [6, 6.07) is 18.8. The Balaban J connectivity index is 1.49. The van der Waals surface area contributed by atoms with Gasteiger partial charge in [0.2, 0.25) is 0 Å². The third-order valence-corrected chi connectivity index (χ3v) is 5.47. The highest BCUT2D eigenvalue weighted by Gasteiger charge is 2.13. The lowest BCUT2D eigenvalue weighted by Crippen LogP contribution is -2.10. The Morgan fingerprint density at radius 1 is 0.935 bits per heavy atom. The number of pyridine rings is 1. The molecule has 0 saturated carbocycles. The van der Waals surface area contributed by atoms with Crippen molar-refractivity contribution in [2.45, 2.75) is 13.0 Å². The molecule has 154 valence electrons. The molecular formula is C24H23N7. The van der Waals surface area contributed by atoms with E-state index in [1.807, 2.05) is 37.3 Å². The molecule has 0 aliphatic carbocycles. The molecule has 0 unspecified atom stereocenters. The van der Waals surface area contributed by atoms with Gasteiger partial charge >= 0.3 is 0 Å². The standard InChI is InChI=1S/C24H23N7/c1-16(17-7-5-4-6-8-17)31-22-10-9-19(11-18(22)13-28-31)29-24-20-12-23(30(2)3)25-14-21(20)26-15-27-24/h4-16H,1-3H3,(H,26,27,29)/t16-/m1/s1. The summed E-state index contributed by atoms with van der Waals surface area (Å²) in [6.45, 7) is 2.16. The fraction of sp³-hybridized carbons (Fsp3) is 0.167. The maximum atomic E-state index is 4.65. The van der Waals surface area contributed by atoms with Crippen LogP contribution in [0.5, 0.6) is 0 Å². The number of hydrogen-bond acceptors (Lipinski definition) is 6. The summed E-state index contributed by atoms with van der Waals surface area (Å²) in [5.41, 5.74) is 4.07. The maximum absolute atomic E-state index is 4.65. The molecule has 0 aliphatic rings. The number of fused-ring (bicyclic) bond motifs is 2. The van der Waals surface area contributed by atoms with E-state index in [0.717, 1.165) is 39.1 Å². The topological polar surface area (TPSA) is 71.8 Å². The monoisotopic (exact) mass is 409 g/mol. The van der Waals surface area contributed by atoms with Gasteiger partial charge in [-0.05, 0) is 36.8 Å². The molecule has 0 radical (unpaired) electrons. The number of hydrogen-bond donors (Lipinski definition) is 1. The van der Waals surface area contributed by atoms with Gasteiger partial charge in [0.25, 0.3) is 0 Å². The SMILES string of the molecule is C[C@H](c1ccccc1)n1ncc2cc(Nc3ncnc4cnc(N(C)C)cc34)ccc21. The fourth-order valence-electron chi connectivity index (χ4n) is 3.74. The van der Waals surface area contributed by atoms with Crippen LogP contribution in [0.25, 0.3) is 21.8 Å². The molecule has 3 heterocycles. The lowest BCUT2D eigenvalue weighted by molar-refractivity contribution is 0.584. The Labute approximate surface area is 180 Å². The van der Waals surface area contributed by atoms with Crippen molar-refractivity contribution in [1.29, 1.82) is 0 Å². The minimum Gasteiger partial charge on any atom is -0.363 e. The number of benzene rings is 2. The minimum absolute atomic E-state index is 0.153. The lowest BCUT2D eigenvalue weighted by atomic mass is 10.1. The zero-order chi connectivity index (χ0) is 21.4. The van der Waals surface area contributed by atoms with Crippen molar-refractivity contribution < 1.29 is 0 Å². The van der Waals surface area contributed by atoms with E-state index in [1.54, 1.807) is 12.5 Å². The minimum atomic E-state index is 0.153. The third-order valence-electron chi connectivity index (χ3n) is 5.47. The Hall–Kier alpha value is -4.00. The van der Waals surface area contributed by atoms with Gasteiger partial charge in [0.1, 0.15) is 18.0 Å². The first kappa shape index (κ1) is 19.0. The van der Waals surface area contributed by atoms with Crippen LogP contribution in [0.4, 0.5) is 17.3 Å². The van der Waals surface area contributed by atoms with Crippen molar-refractivity contribution >= 4 is 39.1 Å². The molecule has 1 N–H and O–H groups in total. The summed E-state index contributed by atoms with van der Waals surface area (Å²) >= 11 is 0. The summed E-state index contributed by atoms with van der Waals surface area (Å²) in [6.07, 6.45) is 5.24. The number of rotatable bonds is 5. The lowest BCUT2D eigenvalue weighted by Gasteiger charge is -2.15. The number of nitrogens with zero attached hydrogens (tertiary/aromatic N) is 6. The second-order valence-corrected chi connectivity index (χ2v) is 7.75. The number of nitrogens with one attached hydrogen (secondary N) is 1. The highest BCUT2D eigenvalue weighted by molar-refractivity contribution is 5.93. The predicted molar refractivity (Wildman–Crippen MR) is 125 cm³/mol. The van der Waals surface area contributed by atoms with Gasteiger partial charge in [0.05, 0.1) is 29.5 Å². The van der Waals surface area contributed by atoms with Crippen LogP contribution in [0.3, 0.4) is 0 Å². The Bertz CT molecular complexity index is 1360. The van der Waals surface area contributed by atoms with E-state index >= 15 is 0 Å². The third kappa shape index (κ3) is 3.54. The molecule has 1 atom stereocenters. The van der Waals surface area contributed by atoms with E-state index in [1.165, 1.54) is 5.56 Å². The van der Waals surface area contributed by atoms with E-state index < -0.39 is 0 Å². The van der Waals surface area contributed by atoms with Crippen LogP contribution < -0.4 is 10.2 Å². The molecule has 0 saturated heterocycles. The summed E-state index contributed by atoms with van der Waals surface area (Å²) in [7, 11) is 3.93. The molecule has 2 aromatic carbocycles. The van der Waals surface area contributed by atoms with Crippen LogP contribution in [0.15, 0.2) is 73.3 Å². The first-order chi connectivity index (χ1) is 15.1. The van der Waals surface area contributed by atoms with Gasteiger partial charge in [-0.2, -0.15) is 5.10 Å². The molecule has 7 heteroatoms. The van der Waals surface area contributed by atoms with Gasteiger partial charge in [0, 0.05) is 30.6 Å². The van der Waals surface area contributed by atoms with Crippen LogP contribution in [0.2, 0.25) is 0 Å². The van der Waals surface area contributed by atoms with Crippen molar-refractivity contribution in [2.75, 3.05) is 24.3 Å². The van der Waals surface area contributed by atoms with E-state index in [4.69, 9.17) is 0 Å². The van der Waals surface area contributed by atoms with Crippen LogP contribution in [0, 0.1) is 0 Å². The average molecular weight is 409 g/mol. The smallest absolute Gasteiger partial charge is 0.141 e. The summed E-state index contributed by atoms with van der Waals surface area (Å²) in [4.78, 5) is 15.2. The van der Waals surface area contributed by atoms with Gasteiger partial charge in [-0.1, -0.05) is 30.3 Å². The normalized spacial score (nSPS) is 12.2. The highest BCUT2D eigenvalue weighted by Crippen LogP contribution is 2.29. The maximum Gasteiger partial charge on any atom is 0.141 e. The zero-order valence-corrected chi connectivity index (χ0v) is 17.7. The second kappa shape index (κ2) is 7.68. The van der Waals surface area contributed by atoms with E-state index in [9.17, 15) is 0 Å². The predicted octanol–water partition coefficient (Wildman–Crippen LogP) is 4.79. The van der Waals surface area contributed by atoms with Crippen molar-refractivity contribution in [1.82, 2.24) is 24.7 Å². The molecule has 0 bridgehead atoms. The molecule has 0 aliphatic heterocycles. The van der Waals surface area contributed by atoms with Crippen LogP contribution in [-0.2, 0) is 0 Å². The average Bonchev–Trinajstić information content (AvgIpc) is 3.22. The molecule has 3 aromatic heterocycles. The molecule has 0 amide bonds. The largest absolute Gasteiger partial charge is 0.363 e. The van der Waals surface area contributed by atoms with Gasteiger partial charge in [-0.3, -0.25) is 4.68 Å². The summed E-state index contributed by atoms with van der Waals surface area (Å²) in [5, 5.41) is 10.1. The van der Waals surface area contributed by atoms with E-state index in [0.29, 0.717) is 0 Å². The van der Waals surface area contributed by atoms with Crippen molar-refractivity contribution in [2.24, 2.45) is 0 Å². The number of anilines is 3. The highest BCUT2D eigenvalue weighted by atomic mass is 15.3. The molecule has 0 fully saturated rings. The van der Waals surface area contributed by atoms with Crippen LogP contribution in [0.1, 0.15) is 18.5 Å². The van der Waals surface area contributed by atoms with Crippen LogP contribution >= 0.6 is 0 Å². The molecular weight excluding hydrogens is 386 g/mol.